The van der Waals surface area contributed by atoms with Crippen molar-refractivity contribution in [1.82, 2.24) is 0 Å². The highest BCUT2D eigenvalue weighted by Gasteiger charge is 2.31. The number of alkyl halides is 3. The average molecular weight is 495 g/mol. The molecule has 3 aromatic rings. The van der Waals surface area contributed by atoms with Crippen LogP contribution in [0.2, 0.25) is 5.02 Å². The quantitative estimate of drug-likeness (QED) is 0.327. The molecule has 172 valence electrons. The topological polar surface area (TPSA) is 55.8 Å². The van der Waals surface area contributed by atoms with E-state index in [1.54, 1.807) is 30.3 Å². The first kappa shape index (κ1) is 24.5. The molecule has 0 spiro atoms. The van der Waals surface area contributed by atoms with Crippen molar-refractivity contribution in [3.8, 4) is 11.5 Å². The molecule has 33 heavy (non-hydrogen) atoms. The van der Waals surface area contributed by atoms with Crippen molar-refractivity contribution < 1.29 is 32.5 Å². The van der Waals surface area contributed by atoms with Gasteiger partial charge in [-0.3, -0.25) is 0 Å². The van der Waals surface area contributed by atoms with E-state index in [2.05, 4.69) is 4.74 Å². The van der Waals surface area contributed by atoms with E-state index in [0.29, 0.717) is 10.8 Å². The molecule has 0 amide bonds. The zero-order valence-corrected chi connectivity index (χ0v) is 18.6. The second-order valence-electron chi connectivity index (χ2n) is 6.64. The highest BCUT2D eigenvalue weighted by Crippen LogP contribution is 2.32. The first-order valence-electron chi connectivity index (χ1n) is 9.60. The number of thioether (sulfide) groups is 1. The van der Waals surface area contributed by atoms with Gasteiger partial charge in [-0.1, -0.05) is 60.1 Å². The summed E-state index contributed by atoms with van der Waals surface area (Å²) in [6.45, 7) is -0.484. The fourth-order valence-electron chi connectivity index (χ4n) is 2.91. The molecule has 0 radical (unpaired) electrons. The van der Waals surface area contributed by atoms with Crippen LogP contribution in [0.25, 0.3) is 5.57 Å². The van der Waals surface area contributed by atoms with Crippen LogP contribution in [0.3, 0.4) is 0 Å². The van der Waals surface area contributed by atoms with E-state index in [0.717, 1.165) is 21.6 Å². The third-order valence-electron chi connectivity index (χ3n) is 4.28. The second kappa shape index (κ2) is 11.2. The molecule has 3 rings (SSSR count). The maximum absolute atomic E-state index is 12.4. The SMILES string of the molecule is O=C(O)COc1ccc(SCC=C(c2ccccc2)c2ccc(OC(F)(F)F)cc2)cc1Cl. The van der Waals surface area contributed by atoms with E-state index in [1.807, 2.05) is 36.4 Å². The Balaban J connectivity index is 1.76. The van der Waals surface area contributed by atoms with Crippen molar-refractivity contribution in [3.05, 3.63) is 95.0 Å². The zero-order valence-electron chi connectivity index (χ0n) is 17.0. The monoisotopic (exact) mass is 494 g/mol. The molecule has 0 atom stereocenters. The number of carboxylic acids is 1. The van der Waals surface area contributed by atoms with Crippen molar-refractivity contribution in [2.45, 2.75) is 11.3 Å². The maximum Gasteiger partial charge on any atom is 0.573 e. The number of carbonyl (C=O) groups is 1. The van der Waals surface area contributed by atoms with Crippen LogP contribution in [-0.2, 0) is 4.79 Å². The molecule has 4 nitrogen and oxygen atoms in total. The lowest BCUT2D eigenvalue weighted by Crippen LogP contribution is -2.17. The van der Waals surface area contributed by atoms with Gasteiger partial charge in [-0.25, -0.2) is 4.79 Å². The van der Waals surface area contributed by atoms with Crippen LogP contribution in [0.5, 0.6) is 11.5 Å². The minimum atomic E-state index is -4.74. The molecule has 0 aliphatic rings. The summed E-state index contributed by atoms with van der Waals surface area (Å²) in [6, 6.07) is 20.3. The third kappa shape index (κ3) is 7.76. The third-order valence-corrected chi connectivity index (χ3v) is 5.49. The van der Waals surface area contributed by atoms with E-state index >= 15 is 0 Å². The fraction of sp³-hybridized carbons (Fsp3) is 0.125. The van der Waals surface area contributed by atoms with Gasteiger partial charge in [0.1, 0.15) is 11.5 Å². The Morgan fingerprint density at radius 2 is 1.67 bits per heavy atom. The zero-order chi connectivity index (χ0) is 23.8. The molecule has 3 aromatic carbocycles. The molecule has 0 saturated carbocycles. The van der Waals surface area contributed by atoms with E-state index in [1.165, 1.54) is 23.9 Å². The molecular weight excluding hydrogens is 477 g/mol. The van der Waals surface area contributed by atoms with Gasteiger partial charge in [-0.15, -0.1) is 24.9 Å². The van der Waals surface area contributed by atoms with Gasteiger partial charge in [0.25, 0.3) is 0 Å². The molecule has 0 fully saturated rings. The number of hydrogen-bond donors (Lipinski definition) is 1. The molecule has 0 aliphatic heterocycles. The molecule has 0 aromatic heterocycles. The standard InChI is InChI=1S/C24H18ClF3O4S/c25-21-14-19(10-11-22(21)31-15-23(29)30)33-13-12-20(16-4-2-1-3-5-16)17-6-8-18(9-7-17)32-24(26,27)28/h1-12,14H,13,15H2,(H,29,30). The van der Waals surface area contributed by atoms with E-state index < -0.39 is 18.9 Å². The average Bonchev–Trinajstić information content (AvgIpc) is 2.76. The second-order valence-corrected chi connectivity index (χ2v) is 8.14. The lowest BCUT2D eigenvalue weighted by atomic mass is 9.98. The highest BCUT2D eigenvalue weighted by atomic mass is 35.5. The van der Waals surface area contributed by atoms with Gasteiger partial charge in [0.05, 0.1) is 5.02 Å². The summed E-state index contributed by atoms with van der Waals surface area (Å²) in [5.41, 5.74) is 2.51. The van der Waals surface area contributed by atoms with Gasteiger partial charge in [-0.2, -0.15) is 0 Å². The Bertz CT molecular complexity index is 1120. The largest absolute Gasteiger partial charge is 0.573 e. The summed E-state index contributed by atoms with van der Waals surface area (Å²) in [5, 5.41) is 9.01. The molecular formula is C24H18ClF3O4S. The first-order valence-corrected chi connectivity index (χ1v) is 11.0. The predicted molar refractivity (Wildman–Crippen MR) is 122 cm³/mol. The van der Waals surface area contributed by atoms with Crippen LogP contribution >= 0.6 is 23.4 Å². The van der Waals surface area contributed by atoms with Crippen molar-refractivity contribution in [2.24, 2.45) is 0 Å². The van der Waals surface area contributed by atoms with Crippen molar-refractivity contribution in [1.29, 1.82) is 0 Å². The van der Waals surface area contributed by atoms with Gasteiger partial charge in [0, 0.05) is 10.6 Å². The first-order chi connectivity index (χ1) is 15.7. The molecule has 0 unspecified atom stereocenters. The summed E-state index contributed by atoms with van der Waals surface area (Å²) >= 11 is 7.66. The van der Waals surface area contributed by atoms with Crippen LogP contribution in [0, 0.1) is 0 Å². The van der Waals surface area contributed by atoms with Gasteiger partial charge in [0.15, 0.2) is 6.61 Å². The van der Waals surface area contributed by atoms with Crippen molar-refractivity contribution in [3.63, 3.8) is 0 Å². The number of halogens is 4. The van der Waals surface area contributed by atoms with Gasteiger partial charge in [0.2, 0.25) is 0 Å². The Kier molecular flexibility index (Phi) is 8.30. The van der Waals surface area contributed by atoms with Crippen molar-refractivity contribution in [2.75, 3.05) is 12.4 Å². The predicted octanol–water partition coefficient (Wildman–Crippen LogP) is 6.93. The normalized spacial score (nSPS) is 11.8. The minimum Gasteiger partial charge on any atom is -0.480 e. The maximum atomic E-state index is 12.4. The van der Waals surface area contributed by atoms with Crippen molar-refractivity contribution >= 4 is 34.9 Å². The molecule has 0 bridgehead atoms. The number of hydrogen-bond acceptors (Lipinski definition) is 4. The number of rotatable bonds is 9. The van der Waals surface area contributed by atoms with E-state index in [-0.39, 0.29) is 11.5 Å². The summed E-state index contributed by atoms with van der Waals surface area (Å²) in [5.74, 6) is -0.546. The summed E-state index contributed by atoms with van der Waals surface area (Å²) < 4.78 is 46.4. The number of carboxylic acid groups (broad SMARTS) is 1. The summed E-state index contributed by atoms with van der Waals surface area (Å²) in [4.78, 5) is 11.5. The Labute approximate surface area is 197 Å². The lowest BCUT2D eigenvalue weighted by molar-refractivity contribution is -0.274. The molecule has 0 saturated heterocycles. The smallest absolute Gasteiger partial charge is 0.480 e. The van der Waals surface area contributed by atoms with Crippen LogP contribution in [0.15, 0.2) is 83.8 Å². The lowest BCUT2D eigenvalue weighted by Gasteiger charge is -2.12. The fourth-order valence-corrected chi connectivity index (χ4v) is 4.01. The summed E-state index contributed by atoms with van der Waals surface area (Å²) in [6.07, 6.45) is -2.77. The number of ether oxygens (including phenoxy) is 2. The van der Waals surface area contributed by atoms with Gasteiger partial charge < -0.3 is 14.6 Å². The van der Waals surface area contributed by atoms with E-state index in [4.69, 9.17) is 21.4 Å². The molecule has 0 aliphatic carbocycles. The molecule has 9 heteroatoms. The number of aliphatic carboxylic acids is 1. The highest BCUT2D eigenvalue weighted by molar-refractivity contribution is 7.99. The minimum absolute atomic E-state index is 0.282. The molecule has 1 N–H and O–H groups in total. The van der Waals surface area contributed by atoms with Crippen LogP contribution in [0.1, 0.15) is 11.1 Å². The van der Waals surface area contributed by atoms with Crippen LogP contribution < -0.4 is 9.47 Å². The Hall–Kier alpha value is -3.10. The molecule has 0 heterocycles. The van der Waals surface area contributed by atoms with Crippen LogP contribution in [-0.4, -0.2) is 29.8 Å². The van der Waals surface area contributed by atoms with Gasteiger partial charge >= 0.3 is 12.3 Å². The van der Waals surface area contributed by atoms with E-state index in [9.17, 15) is 18.0 Å². The Morgan fingerprint density at radius 1 is 1.00 bits per heavy atom. The number of benzene rings is 3. The van der Waals surface area contributed by atoms with Gasteiger partial charge in [-0.05, 0) is 47.0 Å². The van der Waals surface area contributed by atoms with Crippen LogP contribution in [0.4, 0.5) is 13.2 Å². The summed E-state index contributed by atoms with van der Waals surface area (Å²) in [7, 11) is 0. The Morgan fingerprint density at radius 3 is 2.27 bits per heavy atom.